The molecule has 26 heavy (non-hydrogen) atoms. The minimum Gasteiger partial charge on any atom is -0.355 e. The summed E-state index contributed by atoms with van der Waals surface area (Å²) in [5.41, 5.74) is 1.96. The van der Waals surface area contributed by atoms with Crippen LogP contribution in [0.15, 0.2) is 30.5 Å². The summed E-state index contributed by atoms with van der Waals surface area (Å²) >= 11 is 0. The van der Waals surface area contributed by atoms with Gasteiger partial charge in [0, 0.05) is 57.0 Å². The number of carbonyl (C=O) groups excluding carboxylic acids is 1. The number of nitrogens with zero attached hydrogens (tertiary/aromatic N) is 4. The fraction of sp³-hybridized carbons (Fsp3) is 0.571. The van der Waals surface area contributed by atoms with E-state index in [0.717, 1.165) is 63.2 Å². The third kappa shape index (κ3) is 3.32. The molecule has 0 aliphatic carbocycles. The molecule has 0 spiro atoms. The Morgan fingerprint density at radius 2 is 1.58 bits per heavy atom. The summed E-state index contributed by atoms with van der Waals surface area (Å²) in [7, 11) is 0. The van der Waals surface area contributed by atoms with Crippen molar-refractivity contribution in [1.29, 1.82) is 0 Å². The highest BCUT2D eigenvalue weighted by Gasteiger charge is 2.22. The predicted molar refractivity (Wildman–Crippen MR) is 106 cm³/mol. The number of piperazine rings is 1. The van der Waals surface area contributed by atoms with Crippen LogP contribution in [0.5, 0.6) is 0 Å². The van der Waals surface area contributed by atoms with Crippen molar-refractivity contribution in [2.24, 2.45) is 0 Å². The Bertz CT molecular complexity index is 767. The van der Waals surface area contributed by atoms with Gasteiger partial charge in [-0.1, -0.05) is 0 Å². The number of amides is 1. The zero-order valence-electron chi connectivity index (χ0n) is 16.0. The van der Waals surface area contributed by atoms with Gasteiger partial charge in [-0.05, 0) is 57.4 Å². The summed E-state index contributed by atoms with van der Waals surface area (Å²) in [4.78, 5) is 19.8. The van der Waals surface area contributed by atoms with Gasteiger partial charge in [-0.3, -0.25) is 9.69 Å². The number of anilines is 1. The van der Waals surface area contributed by atoms with E-state index < -0.39 is 0 Å². The first-order chi connectivity index (χ1) is 12.6. The SMILES string of the molecule is CC(C)N1CCN(c2ccc3ccc(C(=O)N4CCCCC4)cn23)CC1. The van der Waals surface area contributed by atoms with Crippen molar-refractivity contribution in [1.82, 2.24) is 14.2 Å². The number of fused-ring (bicyclic) bond motifs is 1. The molecule has 0 unspecified atom stereocenters. The first-order valence-electron chi connectivity index (χ1n) is 10.0. The standard InChI is InChI=1S/C21H30N4O/c1-17(2)22-12-14-23(15-13-22)20-9-8-19-7-6-18(16-25(19)20)21(26)24-10-4-3-5-11-24/h6-9,16-17H,3-5,10-15H2,1-2H3. The van der Waals surface area contributed by atoms with Gasteiger partial charge in [0.25, 0.3) is 5.91 Å². The zero-order valence-corrected chi connectivity index (χ0v) is 16.0. The van der Waals surface area contributed by atoms with Crippen LogP contribution < -0.4 is 4.90 Å². The molecule has 5 heteroatoms. The molecule has 2 aromatic rings. The molecule has 2 fully saturated rings. The van der Waals surface area contributed by atoms with Crippen molar-refractivity contribution in [2.75, 3.05) is 44.2 Å². The molecule has 0 radical (unpaired) electrons. The highest BCUT2D eigenvalue weighted by molar-refractivity contribution is 5.94. The van der Waals surface area contributed by atoms with E-state index in [4.69, 9.17) is 0 Å². The first kappa shape index (κ1) is 17.4. The maximum Gasteiger partial charge on any atom is 0.255 e. The van der Waals surface area contributed by atoms with E-state index in [1.807, 2.05) is 17.2 Å². The molecule has 5 nitrogen and oxygen atoms in total. The van der Waals surface area contributed by atoms with Crippen molar-refractivity contribution in [3.05, 3.63) is 36.0 Å². The monoisotopic (exact) mass is 354 g/mol. The van der Waals surface area contributed by atoms with Gasteiger partial charge in [0.15, 0.2) is 0 Å². The number of carbonyl (C=O) groups is 1. The summed E-state index contributed by atoms with van der Waals surface area (Å²) in [5, 5.41) is 0. The first-order valence-corrected chi connectivity index (χ1v) is 10.0. The highest BCUT2D eigenvalue weighted by atomic mass is 16.2. The summed E-state index contributed by atoms with van der Waals surface area (Å²) in [6.45, 7) is 10.6. The quantitative estimate of drug-likeness (QED) is 0.849. The van der Waals surface area contributed by atoms with Crippen molar-refractivity contribution >= 4 is 17.2 Å². The summed E-state index contributed by atoms with van der Waals surface area (Å²) in [6.07, 6.45) is 5.54. The van der Waals surface area contributed by atoms with Crippen LogP contribution in [0.25, 0.3) is 5.52 Å². The second-order valence-electron chi connectivity index (χ2n) is 7.87. The third-order valence-corrected chi connectivity index (χ3v) is 5.89. The minimum atomic E-state index is 0.177. The number of aromatic nitrogens is 1. The van der Waals surface area contributed by atoms with Gasteiger partial charge in [-0.2, -0.15) is 0 Å². The minimum absolute atomic E-state index is 0.177. The zero-order chi connectivity index (χ0) is 18.1. The Labute approximate surface area is 156 Å². The van der Waals surface area contributed by atoms with E-state index in [1.165, 1.54) is 12.2 Å². The second kappa shape index (κ2) is 7.31. The van der Waals surface area contributed by atoms with Crippen LogP contribution in [0, 0.1) is 0 Å². The van der Waals surface area contributed by atoms with E-state index in [1.54, 1.807) is 0 Å². The number of hydrogen-bond donors (Lipinski definition) is 0. The van der Waals surface area contributed by atoms with E-state index in [-0.39, 0.29) is 5.91 Å². The normalized spacial score (nSPS) is 19.5. The van der Waals surface area contributed by atoms with Crippen LogP contribution >= 0.6 is 0 Å². The average molecular weight is 354 g/mol. The topological polar surface area (TPSA) is 31.2 Å². The van der Waals surface area contributed by atoms with Crippen molar-refractivity contribution in [3.8, 4) is 0 Å². The second-order valence-corrected chi connectivity index (χ2v) is 7.87. The lowest BCUT2D eigenvalue weighted by Gasteiger charge is -2.37. The summed E-state index contributed by atoms with van der Waals surface area (Å²) < 4.78 is 2.20. The number of likely N-dealkylation sites (tertiary alicyclic amines) is 1. The molecule has 2 aliphatic heterocycles. The Balaban J connectivity index is 1.56. The van der Waals surface area contributed by atoms with E-state index in [2.05, 4.69) is 46.2 Å². The van der Waals surface area contributed by atoms with Gasteiger partial charge in [-0.15, -0.1) is 0 Å². The van der Waals surface area contributed by atoms with Gasteiger partial charge < -0.3 is 14.2 Å². The maximum atomic E-state index is 12.9. The number of piperidine rings is 1. The summed E-state index contributed by atoms with van der Waals surface area (Å²) in [6, 6.07) is 9.00. The Kier molecular flexibility index (Phi) is 4.90. The molecule has 2 aromatic heterocycles. The lowest BCUT2D eigenvalue weighted by molar-refractivity contribution is 0.0724. The Hall–Kier alpha value is -2.01. The van der Waals surface area contributed by atoms with Crippen LogP contribution in [0.4, 0.5) is 5.82 Å². The van der Waals surface area contributed by atoms with Crippen molar-refractivity contribution < 1.29 is 4.79 Å². The third-order valence-electron chi connectivity index (χ3n) is 5.89. The number of hydrogen-bond acceptors (Lipinski definition) is 3. The Morgan fingerprint density at radius 3 is 2.27 bits per heavy atom. The molecular formula is C21H30N4O. The Morgan fingerprint density at radius 1 is 0.885 bits per heavy atom. The molecule has 0 bridgehead atoms. The largest absolute Gasteiger partial charge is 0.355 e. The fourth-order valence-corrected chi connectivity index (χ4v) is 4.22. The van der Waals surface area contributed by atoms with Crippen LogP contribution in [-0.2, 0) is 0 Å². The number of rotatable bonds is 3. The van der Waals surface area contributed by atoms with Gasteiger partial charge >= 0.3 is 0 Å². The molecule has 0 aromatic carbocycles. The van der Waals surface area contributed by atoms with E-state index in [9.17, 15) is 4.79 Å². The molecule has 0 N–H and O–H groups in total. The molecule has 2 saturated heterocycles. The van der Waals surface area contributed by atoms with Crippen LogP contribution in [0.2, 0.25) is 0 Å². The highest BCUT2D eigenvalue weighted by Crippen LogP contribution is 2.23. The van der Waals surface area contributed by atoms with E-state index in [0.29, 0.717) is 6.04 Å². The van der Waals surface area contributed by atoms with Crippen LogP contribution in [-0.4, -0.2) is 65.4 Å². The molecule has 2 aliphatic rings. The smallest absolute Gasteiger partial charge is 0.255 e. The molecule has 0 atom stereocenters. The van der Waals surface area contributed by atoms with E-state index >= 15 is 0 Å². The molecule has 140 valence electrons. The molecule has 4 heterocycles. The molecule has 4 rings (SSSR count). The van der Waals surface area contributed by atoms with Crippen molar-refractivity contribution in [2.45, 2.75) is 39.2 Å². The van der Waals surface area contributed by atoms with Gasteiger partial charge in [0.2, 0.25) is 0 Å². The van der Waals surface area contributed by atoms with Gasteiger partial charge in [0.05, 0.1) is 5.56 Å². The number of pyridine rings is 1. The molecule has 0 saturated carbocycles. The lowest BCUT2D eigenvalue weighted by atomic mass is 10.1. The molecule has 1 amide bonds. The van der Waals surface area contributed by atoms with Gasteiger partial charge in [-0.25, -0.2) is 0 Å². The van der Waals surface area contributed by atoms with Crippen LogP contribution in [0.1, 0.15) is 43.5 Å². The van der Waals surface area contributed by atoms with Crippen molar-refractivity contribution in [3.63, 3.8) is 0 Å². The average Bonchev–Trinajstić information content (AvgIpc) is 3.11. The lowest BCUT2D eigenvalue weighted by Crippen LogP contribution is -2.49. The fourth-order valence-electron chi connectivity index (χ4n) is 4.22. The van der Waals surface area contributed by atoms with Gasteiger partial charge in [0.1, 0.15) is 5.82 Å². The predicted octanol–water partition coefficient (Wildman–Crippen LogP) is 3.10. The van der Waals surface area contributed by atoms with Crippen LogP contribution in [0.3, 0.4) is 0 Å². The summed E-state index contributed by atoms with van der Waals surface area (Å²) in [5.74, 6) is 1.38. The molecular weight excluding hydrogens is 324 g/mol. The maximum absolute atomic E-state index is 12.9.